The van der Waals surface area contributed by atoms with E-state index in [4.69, 9.17) is 12.2 Å². The van der Waals surface area contributed by atoms with Gasteiger partial charge in [0.1, 0.15) is 5.69 Å². The highest BCUT2D eigenvalue weighted by Gasteiger charge is 2.04. The molecule has 0 unspecified atom stereocenters. The summed E-state index contributed by atoms with van der Waals surface area (Å²) in [5, 5.41) is 9.55. The highest BCUT2D eigenvalue weighted by molar-refractivity contribution is 7.71. The Labute approximate surface area is 88.3 Å². The number of imidazole rings is 1. The fraction of sp³-hybridized carbons (Fsp3) is 0.556. The summed E-state index contributed by atoms with van der Waals surface area (Å²) in [7, 11) is 1.71. The van der Waals surface area contributed by atoms with Crippen LogP contribution in [-0.4, -0.2) is 27.4 Å². The van der Waals surface area contributed by atoms with Crippen molar-refractivity contribution in [2.75, 3.05) is 6.54 Å². The summed E-state index contributed by atoms with van der Waals surface area (Å²) < 4.78 is 2.01. The van der Waals surface area contributed by atoms with Crippen molar-refractivity contribution in [2.24, 2.45) is 12.0 Å². The van der Waals surface area contributed by atoms with Gasteiger partial charge in [-0.25, -0.2) is 0 Å². The first-order valence-electron chi connectivity index (χ1n) is 4.64. The Hall–Kier alpha value is -1.10. The molecule has 0 saturated heterocycles. The number of H-pyrrole nitrogens is 1. The number of hydrogen-bond acceptors (Lipinski definition) is 3. The van der Waals surface area contributed by atoms with Crippen LogP contribution in [-0.2, 0) is 7.05 Å². The van der Waals surface area contributed by atoms with Crippen LogP contribution in [0.2, 0.25) is 0 Å². The number of aromatic amines is 1. The Morgan fingerprint density at radius 1 is 1.64 bits per heavy atom. The van der Waals surface area contributed by atoms with Crippen LogP contribution in [0.5, 0.6) is 5.88 Å². The predicted molar refractivity (Wildman–Crippen MR) is 59.6 cm³/mol. The molecular weight excluding hydrogens is 198 g/mol. The number of nitrogens with zero attached hydrogens (tertiary/aromatic N) is 2. The molecule has 5 heteroatoms. The van der Waals surface area contributed by atoms with E-state index in [2.05, 4.69) is 16.9 Å². The molecule has 1 aromatic rings. The van der Waals surface area contributed by atoms with Crippen LogP contribution in [0, 0.1) is 4.77 Å². The minimum atomic E-state index is 0.134. The zero-order chi connectivity index (χ0) is 10.6. The molecule has 0 bridgehead atoms. The van der Waals surface area contributed by atoms with Gasteiger partial charge in [0, 0.05) is 13.6 Å². The van der Waals surface area contributed by atoms with E-state index in [1.165, 1.54) is 4.57 Å². The van der Waals surface area contributed by atoms with Crippen molar-refractivity contribution in [3.8, 4) is 5.88 Å². The average Bonchev–Trinajstić information content (AvgIpc) is 2.41. The first kappa shape index (κ1) is 11.0. The normalized spacial score (nSPS) is 11.3. The molecule has 1 aromatic heterocycles. The molecule has 0 saturated carbocycles. The van der Waals surface area contributed by atoms with Crippen molar-refractivity contribution >= 4 is 18.4 Å². The molecule has 78 valence electrons. The van der Waals surface area contributed by atoms with E-state index >= 15 is 0 Å². The zero-order valence-electron chi connectivity index (χ0n) is 8.45. The van der Waals surface area contributed by atoms with E-state index < -0.39 is 0 Å². The molecule has 0 atom stereocenters. The van der Waals surface area contributed by atoms with Crippen molar-refractivity contribution in [1.82, 2.24) is 9.55 Å². The number of hydrogen-bond donors (Lipinski definition) is 2. The second-order valence-corrected chi connectivity index (χ2v) is 3.50. The summed E-state index contributed by atoms with van der Waals surface area (Å²) in [6.07, 6.45) is 3.81. The van der Waals surface area contributed by atoms with Gasteiger partial charge in [-0.2, -0.15) is 0 Å². The molecule has 0 amide bonds. The van der Waals surface area contributed by atoms with E-state index in [0.29, 0.717) is 10.5 Å². The molecule has 1 rings (SSSR count). The Balaban J connectivity index is 2.72. The van der Waals surface area contributed by atoms with Gasteiger partial charge in [-0.3, -0.25) is 9.56 Å². The minimum absolute atomic E-state index is 0.134. The molecule has 1 heterocycles. The Kier molecular flexibility index (Phi) is 3.88. The standard InChI is InChI=1S/C9H15N3OS/c1-3-4-5-10-6-7-8(13)12(2)9(14)11-7/h6,13H,3-5H2,1-2H3,(H,11,14). The fourth-order valence-corrected chi connectivity index (χ4v) is 1.22. The van der Waals surface area contributed by atoms with E-state index in [1.807, 2.05) is 0 Å². The summed E-state index contributed by atoms with van der Waals surface area (Å²) in [4.78, 5) is 7.04. The van der Waals surface area contributed by atoms with Gasteiger partial charge in [0.15, 0.2) is 4.77 Å². The van der Waals surface area contributed by atoms with Crippen LogP contribution in [0.4, 0.5) is 0 Å². The first-order chi connectivity index (χ1) is 6.66. The molecule has 14 heavy (non-hydrogen) atoms. The van der Waals surface area contributed by atoms with Crippen molar-refractivity contribution < 1.29 is 5.11 Å². The highest BCUT2D eigenvalue weighted by Crippen LogP contribution is 2.12. The van der Waals surface area contributed by atoms with Crippen molar-refractivity contribution in [2.45, 2.75) is 19.8 Å². The van der Waals surface area contributed by atoms with E-state index in [1.54, 1.807) is 13.3 Å². The number of rotatable bonds is 4. The van der Waals surface area contributed by atoms with E-state index in [-0.39, 0.29) is 5.88 Å². The lowest BCUT2D eigenvalue weighted by Crippen LogP contribution is -1.87. The Morgan fingerprint density at radius 3 is 2.86 bits per heavy atom. The number of aliphatic imine (C=N–C) groups is 1. The Morgan fingerprint density at radius 2 is 2.36 bits per heavy atom. The van der Waals surface area contributed by atoms with Crippen molar-refractivity contribution in [3.05, 3.63) is 10.5 Å². The summed E-state index contributed by atoms with van der Waals surface area (Å²) in [6, 6.07) is 0. The third-order valence-electron chi connectivity index (χ3n) is 1.97. The second kappa shape index (κ2) is 4.95. The molecule has 0 spiro atoms. The monoisotopic (exact) mass is 213 g/mol. The maximum atomic E-state index is 9.55. The maximum absolute atomic E-state index is 9.55. The van der Waals surface area contributed by atoms with Crippen LogP contribution in [0.1, 0.15) is 25.5 Å². The lowest BCUT2D eigenvalue weighted by atomic mass is 10.3. The van der Waals surface area contributed by atoms with Crippen LogP contribution in [0.15, 0.2) is 4.99 Å². The summed E-state index contributed by atoms with van der Waals surface area (Å²) in [5.74, 6) is 0.134. The molecule has 2 N–H and O–H groups in total. The van der Waals surface area contributed by atoms with Crippen LogP contribution in [0.3, 0.4) is 0 Å². The number of nitrogens with one attached hydrogen (secondary N) is 1. The predicted octanol–water partition coefficient (Wildman–Crippen LogP) is 2.01. The van der Waals surface area contributed by atoms with Gasteiger partial charge in [0.25, 0.3) is 0 Å². The van der Waals surface area contributed by atoms with Gasteiger partial charge in [-0.05, 0) is 18.6 Å². The minimum Gasteiger partial charge on any atom is -0.493 e. The third kappa shape index (κ3) is 2.45. The van der Waals surface area contributed by atoms with Crippen LogP contribution in [0.25, 0.3) is 0 Å². The molecule has 0 aromatic carbocycles. The smallest absolute Gasteiger partial charge is 0.219 e. The average molecular weight is 213 g/mol. The summed E-state index contributed by atoms with van der Waals surface area (Å²) >= 11 is 4.95. The van der Waals surface area contributed by atoms with E-state index in [0.717, 1.165) is 19.4 Å². The molecule has 0 aliphatic rings. The summed E-state index contributed by atoms with van der Waals surface area (Å²) in [6.45, 7) is 2.90. The van der Waals surface area contributed by atoms with Gasteiger partial charge < -0.3 is 10.1 Å². The molecule has 4 nitrogen and oxygen atoms in total. The quantitative estimate of drug-likeness (QED) is 0.456. The zero-order valence-corrected chi connectivity index (χ0v) is 9.27. The first-order valence-corrected chi connectivity index (χ1v) is 5.05. The largest absolute Gasteiger partial charge is 0.493 e. The highest BCUT2D eigenvalue weighted by atomic mass is 32.1. The molecule has 0 aliphatic heterocycles. The molecular formula is C9H15N3OS. The van der Waals surface area contributed by atoms with Crippen molar-refractivity contribution in [3.63, 3.8) is 0 Å². The van der Waals surface area contributed by atoms with Crippen LogP contribution < -0.4 is 0 Å². The van der Waals surface area contributed by atoms with Gasteiger partial charge in [-0.15, -0.1) is 0 Å². The van der Waals surface area contributed by atoms with Gasteiger partial charge in [0.05, 0.1) is 6.21 Å². The number of aromatic nitrogens is 2. The van der Waals surface area contributed by atoms with E-state index in [9.17, 15) is 5.11 Å². The summed E-state index contributed by atoms with van der Waals surface area (Å²) in [5.41, 5.74) is 0.577. The topological polar surface area (TPSA) is 53.3 Å². The fourth-order valence-electron chi connectivity index (χ4n) is 1.03. The number of unbranched alkanes of at least 4 members (excludes halogenated alkanes) is 1. The molecule has 0 aliphatic carbocycles. The molecule has 0 radical (unpaired) electrons. The maximum Gasteiger partial charge on any atom is 0.219 e. The van der Waals surface area contributed by atoms with Crippen molar-refractivity contribution in [1.29, 1.82) is 0 Å². The second-order valence-electron chi connectivity index (χ2n) is 3.12. The SMILES string of the molecule is CCCCN=Cc1[nH]c(=S)n(C)c1O. The van der Waals surface area contributed by atoms with Gasteiger partial charge in [0.2, 0.25) is 5.88 Å². The third-order valence-corrected chi connectivity index (χ3v) is 2.34. The van der Waals surface area contributed by atoms with Gasteiger partial charge >= 0.3 is 0 Å². The number of aromatic hydroxyl groups is 1. The van der Waals surface area contributed by atoms with Crippen LogP contribution >= 0.6 is 12.2 Å². The van der Waals surface area contributed by atoms with Gasteiger partial charge in [-0.1, -0.05) is 13.3 Å². The Bertz CT molecular complexity index is 378. The lowest BCUT2D eigenvalue weighted by Gasteiger charge is -1.92. The lowest BCUT2D eigenvalue weighted by molar-refractivity contribution is 0.430. The molecule has 0 fully saturated rings.